The number of aromatic nitrogens is 1. The average Bonchev–Trinajstić information content (AvgIpc) is 3.32. The van der Waals surface area contributed by atoms with Gasteiger partial charge in [0.2, 0.25) is 0 Å². The Morgan fingerprint density at radius 2 is 1.95 bits per heavy atom. The Bertz CT molecular complexity index is 1250. The molecule has 0 radical (unpaired) electrons. The minimum absolute atomic E-state index is 0.00199. The van der Waals surface area contributed by atoms with Crippen LogP contribution in [0.2, 0.25) is 0 Å². The van der Waals surface area contributed by atoms with Crippen molar-refractivity contribution in [2.75, 3.05) is 19.7 Å². The molecule has 1 aromatic heterocycles. The molecule has 2 aliphatic heterocycles. The lowest BCUT2D eigenvalue weighted by molar-refractivity contribution is -0.180. The van der Waals surface area contributed by atoms with Gasteiger partial charge in [0.05, 0.1) is 18.3 Å². The molecule has 0 saturated carbocycles. The van der Waals surface area contributed by atoms with Gasteiger partial charge in [-0.25, -0.2) is 10.1 Å². The first-order chi connectivity index (χ1) is 17.8. The lowest BCUT2D eigenvalue weighted by Gasteiger charge is -2.22. The Labute approximate surface area is 217 Å². The molecule has 0 unspecified atom stereocenters. The number of hydrogen-bond acceptors (Lipinski definition) is 7. The van der Waals surface area contributed by atoms with Gasteiger partial charge in [0.15, 0.2) is 5.78 Å². The van der Waals surface area contributed by atoms with Crippen molar-refractivity contribution in [1.82, 2.24) is 14.9 Å². The van der Waals surface area contributed by atoms with Gasteiger partial charge in [-0.2, -0.15) is 0 Å². The number of fused-ring (bicyclic) bond motifs is 1. The number of pyridine rings is 1. The fourth-order valence-corrected chi connectivity index (χ4v) is 4.72. The van der Waals surface area contributed by atoms with E-state index < -0.39 is 0 Å². The van der Waals surface area contributed by atoms with Crippen LogP contribution >= 0.6 is 0 Å². The van der Waals surface area contributed by atoms with E-state index in [1.807, 2.05) is 44.2 Å². The molecule has 2 aliphatic rings. The van der Waals surface area contributed by atoms with Gasteiger partial charge in [0.1, 0.15) is 11.5 Å². The van der Waals surface area contributed by atoms with Crippen LogP contribution in [0.25, 0.3) is 17.2 Å². The van der Waals surface area contributed by atoms with Gasteiger partial charge >= 0.3 is 0 Å². The summed E-state index contributed by atoms with van der Waals surface area (Å²) in [6.45, 7) is 6.81. The number of ketones is 1. The smallest absolute Gasteiger partial charge is 0.273 e. The van der Waals surface area contributed by atoms with E-state index in [0.29, 0.717) is 48.9 Å². The number of Topliss-reactive ketones (excluding diaryl/α,β-unsaturated/α-hetero) is 1. The van der Waals surface area contributed by atoms with E-state index in [2.05, 4.69) is 9.98 Å². The first-order valence-corrected chi connectivity index (χ1v) is 12.7. The van der Waals surface area contributed by atoms with Gasteiger partial charge in [-0.3, -0.25) is 24.2 Å². The first kappa shape index (κ1) is 26.2. The third kappa shape index (κ3) is 5.77. The van der Waals surface area contributed by atoms with Gasteiger partial charge in [0, 0.05) is 42.4 Å². The Balaban J connectivity index is 1.57. The molecule has 9 heteroatoms. The van der Waals surface area contributed by atoms with E-state index in [-0.39, 0.29) is 30.1 Å². The highest BCUT2D eigenvalue weighted by Crippen LogP contribution is 2.32. The Hall–Kier alpha value is -3.85. The predicted molar refractivity (Wildman–Crippen MR) is 142 cm³/mol. The molecule has 2 N–H and O–H groups in total. The first-order valence-electron chi connectivity index (χ1n) is 12.7. The number of nitrogens with zero attached hydrogens (tertiary/aromatic N) is 4. The summed E-state index contributed by atoms with van der Waals surface area (Å²) in [5.41, 5.74) is 10.1. The number of likely N-dealkylation sites (tertiary alicyclic amines) is 1. The third-order valence-corrected chi connectivity index (χ3v) is 6.51. The van der Waals surface area contributed by atoms with Gasteiger partial charge in [0.25, 0.3) is 11.8 Å². The predicted octanol–water partition coefficient (Wildman–Crippen LogP) is 3.91. The van der Waals surface area contributed by atoms with E-state index in [1.54, 1.807) is 17.2 Å². The topological polar surface area (TPSA) is 118 Å². The van der Waals surface area contributed by atoms with Crippen LogP contribution in [0.4, 0.5) is 5.69 Å². The Morgan fingerprint density at radius 3 is 2.62 bits per heavy atom. The maximum absolute atomic E-state index is 13.1. The molecular formula is C28H33N5O4. The summed E-state index contributed by atoms with van der Waals surface area (Å²) in [7, 11) is 0. The maximum Gasteiger partial charge on any atom is 0.273 e. The number of amidine groups is 1. The average molecular weight is 504 g/mol. The van der Waals surface area contributed by atoms with Crippen LogP contribution in [-0.2, 0) is 14.4 Å². The summed E-state index contributed by atoms with van der Waals surface area (Å²) in [5.74, 6) is -0.0985. The normalized spacial score (nSPS) is 16.9. The van der Waals surface area contributed by atoms with Crippen LogP contribution < -0.4 is 5.73 Å². The molecular weight excluding hydrogens is 470 g/mol. The van der Waals surface area contributed by atoms with Crippen molar-refractivity contribution in [2.24, 2.45) is 10.7 Å². The number of carbonyl (C=O) groups excluding carboxylic acids is 3. The molecule has 0 spiro atoms. The van der Waals surface area contributed by atoms with E-state index in [1.165, 1.54) is 12.0 Å². The lowest BCUT2D eigenvalue weighted by atomic mass is 10.0. The fraction of sp³-hybridized carbons (Fsp3) is 0.393. The van der Waals surface area contributed by atoms with E-state index in [0.717, 1.165) is 29.5 Å². The minimum atomic E-state index is -0.366. The molecule has 2 amide bonds. The molecule has 2 aromatic rings. The second-order valence-corrected chi connectivity index (χ2v) is 9.25. The molecule has 1 fully saturated rings. The molecule has 194 valence electrons. The zero-order chi connectivity index (χ0) is 26.5. The summed E-state index contributed by atoms with van der Waals surface area (Å²) < 4.78 is 0. The zero-order valence-electron chi connectivity index (χ0n) is 21.6. The van der Waals surface area contributed by atoms with Crippen molar-refractivity contribution in [1.29, 1.82) is 0 Å². The molecule has 1 atom stereocenters. The molecule has 0 bridgehead atoms. The second-order valence-electron chi connectivity index (χ2n) is 9.25. The fourth-order valence-electron chi connectivity index (χ4n) is 4.72. The standard InChI is InChI=1S/C28H33N5O4/c1-4-12-33(37-5-2)27(35)22-14-20-9-8-19(15-24(20)31-26(29)16-22)21-10-11-23(30-17-21)28(36)32-13-6-7-25(32)18(3)34/h8-11,14-15,17,25H,4-7,12-13,16H2,1-3H3,(H2,29,31)/t25-/m1/s1. The highest BCUT2D eigenvalue weighted by Gasteiger charge is 2.32. The minimum Gasteiger partial charge on any atom is -0.387 e. The molecule has 0 aliphatic carbocycles. The van der Waals surface area contributed by atoms with Crippen LogP contribution in [0.5, 0.6) is 0 Å². The number of hydroxylamine groups is 2. The van der Waals surface area contributed by atoms with Crippen molar-refractivity contribution >= 4 is 35.2 Å². The quantitative estimate of drug-likeness (QED) is 0.546. The van der Waals surface area contributed by atoms with Crippen molar-refractivity contribution in [3.8, 4) is 11.1 Å². The maximum atomic E-state index is 13.1. The van der Waals surface area contributed by atoms with Crippen molar-refractivity contribution < 1.29 is 19.2 Å². The second kappa shape index (κ2) is 11.5. The summed E-state index contributed by atoms with van der Waals surface area (Å²) in [4.78, 5) is 54.0. The number of nitrogens with two attached hydrogens (primary N) is 1. The highest BCUT2D eigenvalue weighted by molar-refractivity contribution is 6.05. The number of hydrogen-bond donors (Lipinski definition) is 1. The molecule has 3 heterocycles. The van der Waals surface area contributed by atoms with E-state index >= 15 is 0 Å². The van der Waals surface area contributed by atoms with Crippen molar-refractivity contribution in [3.05, 3.63) is 53.4 Å². The van der Waals surface area contributed by atoms with Crippen molar-refractivity contribution in [3.63, 3.8) is 0 Å². The number of rotatable bonds is 8. The Morgan fingerprint density at radius 1 is 1.16 bits per heavy atom. The van der Waals surface area contributed by atoms with E-state index in [4.69, 9.17) is 10.6 Å². The van der Waals surface area contributed by atoms with Crippen LogP contribution in [-0.4, -0.2) is 64.1 Å². The number of carbonyl (C=O) groups is 3. The Kier molecular flexibility index (Phi) is 8.13. The molecule has 1 aromatic carbocycles. The molecule has 1 saturated heterocycles. The van der Waals surface area contributed by atoms with Gasteiger partial charge < -0.3 is 10.6 Å². The molecule has 4 rings (SSSR count). The molecule has 9 nitrogen and oxygen atoms in total. The van der Waals surface area contributed by atoms with E-state index in [9.17, 15) is 14.4 Å². The summed E-state index contributed by atoms with van der Waals surface area (Å²) in [6.07, 6.45) is 5.97. The number of amides is 2. The van der Waals surface area contributed by atoms with Crippen LogP contribution in [0.3, 0.4) is 0 Å². The van der Waals surface area contributed by atoms with Gasteiger partial charge in [-0.1, -0.05) is 25.1 Å². The van der Waals surface area contributed by atoms with Gasteiger partial charge in [-0.15, -0.1) is 0 Å². The summed E-state index contributed by atoms with van der Waals surface area (Å²) in [5, 5.41) is 1.38. The monoisotopic (exact) mass is 503 g/mol. The lowest BCUT2D eigenvalue weighted by Crippen LogP contribution is -2.39. The SMILES string of the molecule is CCCN(OCC)C(=O)C1=Cc2ccc(-c3ccc(C(=O)N4CCC[C@@H]4C(C)=O)nc3)cc2N=C(N)C1. The zero-order valence-corrected chi connectivity index (χ0v) is 21.6. The highest BCUT2D eigenvalue weighted by atomic mass is 16.7. The van der Waals surface area contributed by atoms with Gasteiger partial charge in [-0.05, 0) is 56.9 Å². The van der Waals surface area contributed by atoms with Crippen LogP contribution in [0.15, 0.2) is 47.1 Å². The summed E-state index contributed by atoms with van der Waals surface area (Å²) >= 11 is 0. The van der Waals surface area contributed by atoms with Crippen LogP contribution in [0.1, 0.15) is 62.5 Å². The number of benzene rings is 1. The van der Waals surface area contributed by atoms with Crippen LogP contribution in [0, 0.1) is 0 Å². The largest absolute Gasteiger partial charge is 0.387 e. The third-order valence-electron chi connectivity index (χ3n) is 6.51. The summed E-state index contributed by atoms with van der Waals surface area (Å²) in [6, 6.07) is 8.86. The molecule has 37 heavy (non-hydrogen) atoms. The van der Waals surface area contributed by atoms with Crippen molar-refractivity contribution in [2.45, 2.75) is 52.5 Å². The number of aliphatic imine (C=N–C) groups is 1.